The average Bonchev–Trinajstić information content (AvgIpc) is 2.06. The second-order valence-corrected chi connectivity index (χ2v) is 3.44. The molecule has 1 heterocycles. The Morgan fingerprint density at radius 1 is 1.33 bits per heavy atom. The number of hydrogen-bond acceptors (Lipinski definition) is 2. The van der Waals surface area contributed by atoms with Crippen molar-refractivity contribution < 1.29 is 22.0 Å². The van der Waals surface area contributed by atoms with Crippen LogP contribution < -0.4 is 5.73 Å². The van der Waals surface area contributed by atoms with E-state index in [1.807, 2.05) is 0 Å². The summed E-state index contributed by atoms with van der Waals surface area (Å²) in [6, 6.07) is 0.490. The van der Waals surface area contributed by atoms with Crippen molar-refractivity contribution in [1.82, 2.24) is 4.98 Å². The normalized spacial score (nSPS) is 12.2. The molecule has 0 amide bonds. The number of rotatable bonds is 1. The van der Waals surface area contributed by atoms with Crippen molar-refractivity contribution in [2.75, 3.05) is 5.73 Å². The fraction of sp³-hybridized carbons (Fsp3) is 0.286. The molecular weight excluding hydrogens is 287 g/mol. The van der Waals surface area contributed by atoms with Crippen molar-refractivity contribution in [2.24, 2.45) is 0 Å². The van der Waals surface area contributed by atoms with Crippen LogP contribution in [0.5, 0.6) is 0 Å². The SMILES string of the molecule is Nc1nc(C(F)F)c(C(F)(F)F)cc1Br. The Balaban J connectivity index is 3.42. The van der Waals surface area contributed by atoms with E-state index in [0.717, 1.165) is 0 Å². The fourth-order valence-electron chi connectivity index (χ4n) is 0.911. The molecule has 84 valence electrons. The molecule has 0 spiro atoms. The van der Waals surface area contributed by atoms with Gasteiger partial charge in [-0.05, 0) is 22.0 Å². The molecule has 0 saturated carbocycles. The van der Waals surface area contributed by atoms with Crippen molar-refractivity contribution in [2.45, 2.75) is 12.6 Å². The van der Waals surface area contributed by atoms with E-state index < -0.39 is 29.7 Å². The molecule has 0 bridgehead atoms. The topological polar surface area (TPSA) is 38.9 Å². The first-order valence-corrected chi connectivity index (χ1v) is 4.34. The van der Waals surface area contributed by atoms with Crippen LogP contribution in [0.3, 0.4) is 0 Å². The van der Waals surface area contributed by atoms with Crippen molar-refractivity contribution in [3.8, 4) is 0 Å². The molecule has 0 atom stereocenters. The van der Waals surface area contributed by atoms with Gasteiger partial charge in [-0.1, -0.05) is 0 Å². The molecule has 0 aromatic carbocycles. The van der Waals surface area contributed by atoms with E-state index in [1.165, 1.54) is 0 Å². The molecule has 0 unspecified atom stereocenters. The highest BCUT2D eigenvalue weighted by Crippen LogP contribution is 2.37. The number of alkyl halides is 5. The Morgan fingerprint density at radius 2 is 1.87 bits per heavy atom. The van der Waals surface area contributed by atoms with Gasteiger partial charge in [0.25, 0.3) is 6.43 Å². The van der Waals surface area contributed by atoms with Gasteiger partial charge < -0.3 is 5.73 Å². The molecule has 15 heavy (non-hydrogen) atoms. The Kier molecular flexibility index (Phi) is 3.17. The van der Waals surface area contributed by atoms with E-state index >= 15 is 0 Å². The maximum Gasteiger partial charge on any atom is 0.418 e. The lowest BCUT2D eigenvalue weighted by Crippen LogP contribution is -2.12. The highest BCUT2D eigenvalue weighted by Gasteiger charge is 2.37. The lowest BCUT2D eigenvalue weighted by Gasteiger charge is -2.12. The van der Waals surface area contributed by atoms with Gasteiger partial charge in [-0.3, -0.25) is 0 Å². The minimum Gasteiger partial charge on any atom is -0.383 e. The Bertz CT molecular complexity index is 376. The van der Waals surface area contributed by atoms with Gasteiger partial charge in [0.05, 0.1) is 10.0 Å². The number of anilines is 1. The van der Waals surface area contributed by atoms with Crippen molar-refractivity contribution >= 4 is 21.7 Å². The van der Waals surface area contributed by atoms with Crippen LogP contribution in [-0.2, 0) is 6.18 Å². The summed E-state index contributed by atoms with van der Waals surface area (Å²) >= 11 is 2.69. The van der Waals surface area contributed by atoms with Crippen LogP contribution in [0.4, 0.5) is 27.8 Å². The number of halogens is 6. The predicted molar refractivity (Wildman–Crippen MR) is 46.3 cm³/mol. The van der Waals surface area contributed by atoms with Gasteiger partial charge in [0.1, 0.15) is 11.5 Å². The number of hydrogen-bond donors (Lipinski definition) is 1. The number of nitrogen functional groups attached to an aromatic ring is 1. The second kappa shape index (κ2) is 3.92. The predicted octanol–water partition coefficient (Wildman–Crippen LogP) is 3.38. The van der Waals surface area contributed by atoms with Gasteiger partial charge in [0.15, 0.2) is 0 Å². The number of nitrogens with zero attached hydrogens (tertiary/aromatic N) is 1. The Morgan fingerprint density at radius 3 is 2.27 bits per heavy atom. The summed E-state index contributed by atoms with van der Waals surface area (Å²) in [6.07, 6.45) is -8.20. The molecule has 0 fully saturated rings. The van der Waals surface area contributed by atoms with Crippen LogP contribution in [0, 0.1) is 0 Å². The molecule has 0 saturated heterocycles. The fourth-order valence-corrected chi connectivity index (χ4v) is 1.23. The molecule has 1 aromatic heterocycles. The van der Waals surface area contributed by atoms with Crippen LogP contribution in [0.2, 0.25) is 0 Å². The molecule has 2 N–H and O–H groups in total. The summed E-state index contributed by atoms with van der Waals surface area (Å²) in [4.78, 5) is 3.00. The van der Waals surface area contributed by atoms with E-state index in [0.29, 0.717) is 6.07 Å². The highest BCUT2D eigenvalue weighted by molar-refractivity contribution is 9.10. The van der Waals surface area contributed by atoms with E-state index in [2.05, 4.69) is 20.9 Å². The first kappa shape index (κ1) is 12.2. The number of nitrogens with two attached hydrogens (primary N) is 1. The Hall–Kier alpha value is -0.920. The number of aromatic nitrogens is 1. The minimum absolute atomic E-state index is 0.167. The van der Waals surface area contributed by atoms with Gasteiger partial charge in [-0.2, -0.15) is 13.2 Å². The molecule has 1 rings (SSSR count). The zero-order valence-corrected chi connectivity index (χ0v) is 8.53. The monoisotopic (exact) mass is 290 g/mol. The minimum atomic E-state index is -4.88. The third-order valence-electron chi connectivity index (χ3n) is 1.54. The lowest BCUT2D eigenvalue weighted by atomic mass is 10.2. The van der Waals surface area contributed by atoms with Crippen LogP contribution in [-0.4, -0.2) is 4.98 Å². The summed E-state index contributed by atoms with van der Waals surface area (Å²) in [5.74, 6) is -0.404. The standard InChI is InChI=1S/C7H4BrF5N2/c8-3-1-2(7(11,12)13)4(5(9)10)15-6(3)14/h1,5H,(H2,14,15). The highest BCUT2D eigenvalue weighted by atomic mass is 79.9. The van der Waals surface area contributed by atoms with E-state index in [9.17, 15) is 22.0 Å². The first-order chi connectivity index (χ1) is 6.73. The number of pyridine rings is 1. The molecule has 8 heteroatoms. The van der Waals surface area contributed by atoms with Gasteiger partial charge in [0.2, 0.25) is 0 Å². The summed E-state index contributed by atoms with van der Waals surface area (Å²) in [6.45, 7) is 0. The third-order valence-corrected chi connectivity index (χ3v) is 2.18. The Labute approximate surface area is 89.4 Å². The van der Waals surface area contributed by atoms with Crippen LogP contribution >= 0.6 is 15.9 Å². The smallest absolute Gasteiger partial charge is 0.383 e. The van der Waals surface area contributed by atoms with Gasteiger partial charge in [-0.25, -0.2) is 13.8 Å². The van der Waals surface area contributed by atoms with Crippen molar-refractivity contribution in [3.63, 3.8) is 0 Å². The van der Waals surface area contributed by atoms with E-state index in [4.69, 9.17) is 5.73 Å². The molecule has 0 aliphatic carbocycles. The summed E-state index contributed by atoms with van der Waals surface area (Å²) in [7, 11) is 0. The quantitative estimate of drug-likeness (QED) is 0.805. The summed E-state index contributed by atoms with van der Waals surface area (Å²) < 4.78 is 61.2. The van der Waals surface area contributed by atoms with Crippen LogP contribution in [0.25, 0.3) is 0 Å². The molecule has 2 nitrogen and oxygen atoms in total. The van der Waals surface area contributed by atoms with Gasteiger partial charge in [-0.15, -0.1) is 0 Å². The zero-order chi connectivity index (χ0) is 11.8. The molecule has 0 aliphatic heterocycles. The summed E-state index contributed by atoms with van der Waals surface area (Å²) in [5, 5.41) is 0. The molecular formula is C7H4BrF5N2. The molecule has 1 aromatic rings. The largest absolute Gasteiger partial charge is 0.418 e. The van der Waals surface area contributed by atoms with Crippen LogP contribution in [0.15, 0.2) is 10.5 Å². The van der Waals surface area contributed by atoms with E-state index in [1.54, 1.807) is 0 Å². The maximum atomic E-state index is 12.3. The third kappa shape index (κ3) is 2.55. The maximum absolute atomic E-state index is 12.3. The van der Waals surface area contributed by atoms with Gasteiger partial charge in [0, 0.05) is 0 Å². The zero-order valence-electron chi connectivity index (χ0n) is 6.95. The van der Waals surface area contributed by atoms with Gasteiger partial charge >= 0.3 is 6.18 Å². The molecule has 0 radical (unpaired) electrons. The lowest BCUT2D eigenvalue weighted by molar-refractivity contribution is -0.139. The summed E-state index contributed by atoms with van der Waals surface area (Å²) in [5.41, 5.74) is 2.27. The van der Waals surface area contributed by atoms with Crippen LogP contribution in [0.1, 0.15) is 17.7 Å². The average molecular weight is 291 g/mol. The first-order valence-electron chi connectivity index (χ1n) is 3.54. The molecule has 0 aliphatic rings. The van der Waals surface area contributed by atoms with Crippen molar-refractivity contribution in [3.05, 3.63) is 21.8 Å². The van der Waals surface area contributed by atoms with Crippen molar-refractivity contribution in [1.29, 1.82) is 0 Å². The second-order valence-electron chi connectivity index (χ2n) is 2.59. The van der Waals surface area contributed by atoms with E-state index in [-0.39, 0.29) is 4.47 Å².